The van der Waals surface area contributed by atoms with Gasteiger partial charge in [0.1, 0.15) is 11.6 Å². The molecule has 4 rings (SSSR count). The number of aromatic nitrogens is 4. The van der Waals surface area contributed by atoms with Crippen molar-refractivity contribution in [2.75, 3.05) is 0 Å². The Morgan fingerprint density at radius 2 is 2.08 bits per heavy atom. The summed E-state index contributed by atoms with van der Waals surface area (Å²) in [6.45, 7) is 4.04. The maximum Gasteiger partial charge on any atom is 0.236 e. The third-order valence-corrected chi connectivity index (χ3v) is 6.55. The highest BCUT2D eigenvalue weighted by Gasteiger charge is 2.22. The summed E-state index contributed by atoms with van der Waals surface area (Å²) in [5, 5.41) is 11.8. The summed E-state index contributed by atoms with van der Waals surface area (Å²) in [6.07, 6.45) is 6.43. The summed E-state index contributed by atoms with van der Waals surface area (Å²) in [5.41, 5.74) is 0.990. The zero-order chi connectivity index (χ0) is 17.2. The van der Waals surface area contributed by atoms with Crippen molar-refractivity contribution in [3.8, 4) is 10.8 Å². The molecule has 0 unspecified atom stereocenters. The van der Waals surface area contributed by atoms with Crippen LogP contribution in [0.2, 0.25) is 0 Å². The van der Waals surface area contributed by atoms with Gasteiger partial charge in [-0.1, -0.05) is 37.1 Å². The molecule has 0 bridgehead atoms. The molecule has 3 aromatic heterocycles. The molecule has 7 heteroatoms. The smallest absolute Gasteiger partial charge is 0.236 e. The molecule has 3 aromatic rings. The maximum atomic E-state index is 5.84. The van der Waals surface area contributed by atoms with Crippen LogP contribution in [0, 0.1) is 13.8 Å². The van der Waals surface area contributed by atoms with E-state index < -0.39 is 0 Å². The third-order valence-electron chi connectivity index (χ3n) is 4.74. The molecule has 0 aromatic carbocycles. The van der Waals surface area contributed by atoms with Crippen molar-refractivity contribution < 1.29 is 4.42 Å². The lowest BCUT2D eigenvalue weighted by atomic mass is 9.95. The highest BCUT2D eigenvalue weighted by molar-refractivity contribution is 7.98. The molecule has 0 N–H and O–H groups in total. The third kappa shape index (κ3) is 3.53. The van der Waals surface area contributed by atoms with E-state index in [4.69, 9.17) is 4.42 Å². The van der Waals surface area contributed by atoms with Crippen LogP contribution >= 0.6 is 23.1 Å². The summed E-state index contributed by atoms with van der Waals surface area (Å²) >= 11 is 3.36. The zero-order valence-corrected chi connectivity index (χ0v) is 16.2. The van der Waals surface area contributed by atoms with Crippen molar-refractivity contribution in [3.05, 3.63) is 34.8 Å². The number of oxazole rings is 1. The van der Waals surface area contributed by atoms with E-state index in [-0.39, 0.29) is 0 Å². The van der Waals surface area contributed by atoms with Crippen molar-refractivity contribution in [3.63, 3.8) is 0 Å². The van der Waals surface area contributed by atoms with Gasteiger partial charge < -0.3 is 8.98 Å². The molecule has 25 heavy (non-hydrogen) atoms. The first-order chi connectivity index (χ1) is 12.2. The molecule has 1 saturated carbocycles. The van der Waals surface area contributed by atoms with Crippen LogP contribution in [0.25, 0.3) is 10.8 Å². The van der Waals surface area contributed by atoms with Crippen LogP contribution in [0.15, 0.2) is 27.1 Å². The Bertz CT molecular complexity index is 832. The highest BCUT2D eigenvalue weighted by Crippen LogP contribution is 2.34. The fraction of sp³-hybridized carbons (Fsp3) is 0.500. The van der Waals surface area contributed by atoms with Crippen LogP contribution in [0.5, 0.6) is 0 Å². The Morgan fingerprint density at radius 3 is 2.84 bits per heavy atom. The standard InChI is InChI=1S/C18H22N4OS2/c1-12-15(19-17(23-12)16-9-6-10-24-16)11-25-18-21-20-13(2)22(18)14-7-4-3-5-8-14/h6,9-10,14H,3-5,7-8,11H2,1-2H3. The summed E-state index contributed by atoms with van der Waals surface area (Å²) in [5.74, 6) is 3.38. The lowest BCUT2D eigenvalue weighted by Gasteiger charge is -2.24. The van der Waals surface area contributed by atoms with Gasteiger partial charge in [0.2, 0.25) is 5.89 Å². The lowest BCUT2D eigenvalue weighted by Crippen LogP contribution is -2.15. The predicted octanol–water partition coefficient (Wildman–Crippen LogP) is 5.41. The number of hydrogen-bond donors (Lipinski definition) is 0. The number of hydrogen-bond acceptors (Lipinski definition) is 6. The van der Waals surface area contributed by atoms with Crippen LogP contribution in [-0.2, 0) is 5.75 Å². The number of nitrogens with zero attached hydrogens (tertiary/aromatic N) is 4. The van der Waals surface area contributed by atoms with E-state index in [0.29, 0.717) is 11.9 Å². The molecule has 1 aliphatic carbocycles. The Hall–Kier alpha value is -1.60. The van der Waals surface area contributed by atoms with Crippen molar-refractivity contribution in [1.82, 2.24) is 19.7 Å². The largest absolute Gasteiger partial charge is 0.440 e. The zero-order valence-electron chi connectivity index (χ0n) is 14.6. The Balaban J connectivity index is 1.50. The van der Waals surface area contributed by atoms with Gasteiger partial charge in [-0.15, -0.1) is 21.5 Å². The van der Waals surface area contributed by atoms with Gasteiger partial charge in [-0.2, -0.15) is 0 Å². The second kappa shape index (κ2) is 7.33. The lowest BCUT2D eigenvalue weighted by molar-refractivity contribution is 0.332. The number of rotatable bonds is 5. The second-order valence-corrected chi connectivity index (χ2v) is 8.37. The van der Waals surface area contributed by atoms with Crippen LogP contribution in [0.4, 0.5) is 0 Å². The second-order valence-electron chi connectivity index (χ2n) is 6.48. The minimum atomic E-state index is 0.548. The van der Waals surface area contributed by atoms with E-state index in [1.54, 1.807) is 23.1 Å². The summed E-state index contributed by atoms with van der Waals surface area (Å²) < 4.78 is 8.18. The average Bonchev–Trinajstić information content (AvgIpc) is 3.34. The van der Waals surface area contributed by atoms with E-state index in [9.17, 15) is 0 Å². The molecule has 5 nitrogen and oxygen atoms in total. The Kier molecular flexibility index (Phi) is 4.94. The van der Waals surface area contributed by atoms with Gasteiger partial charge in [0.05, 0.1) is 10.6 Å². The van der Waals surface area contributed by atoms with Gasteiger partial charge in [0, 0.05) is 11.8 Å². The topological polar surface area (TPSA) is 56.7 Å². The molecular formula is C18H22N4OS2. The SMILES string of the molecule is Cc1oc(-c2cccs2)nc1CSc1nnc(C)n1C1CCCCC1. The average molecular weight is 375 g/mol. The Labute approximate surface area is 155 Å². The molecule has 0 saturated heterocycles. The quantitative estimate of drug-likeness (QED) is 0.559. The van der Waals surface area contributed by atoms with Gasteiger partial charge >= 0.3 is 0 Å². The van der Waals surface area contributed by atoms with Crippen LogP contribution in [-0.4, -0.2) is 19.7 Å². The molecule has 3 heterocycles. The molecule has 0 spiro atoms. The molecule has 1 aliphatic rings. The van der Waals surface area contributed by atoms with Crippen molar-refractivity contribution in [2.45, 2.75) is 62.9 Å². The number of aryl methyl sites for hydroxylation is 2. The van der Waals surface area contributed by atoms with E-state index in [0.717, 1.165) is 33.1 Å². The summed E-state index contributed by atoms with van der Waals surface area (Å²) in [4.78, 5) is 5.75. The molecule has 0 amide bonds. The first-order valence-corrected chi connectivity index (χ1v) is 10.6. The van der Waals surface area contributed by atoms with E-state index in [2.05, 4.69) is 26.7 Å². The van der Waals surface area contributed by atoms with Gasteiger partial charge in [-0.25, -0.2) is 4.98 Å². The molecular weight excluding hydrogens is 352 g/mol. The number of thiophene rings is 1. The normalized spacial score (nSPS) is 15.8. The highest BCUT2D eigenvalue weighted by atomic mass is 32.2. The van der Waals surface area contributed by atoms with Crippen molar-refractivity contribution in [1.29, 1.82) is 0 Å². The maximum absolute atomic E-state index is 5.84. The van der Waals surface area contributed by atoms with E-state index in [1.807, 2.05) is 24.4 Å². The van der Waals surface area contributed by atoms with Crippen LogP contribution < -0.4 is 0 Å². The van der Waals surface area contributed by atoms with Crippen LogP contribution in [0.1, 0.15) is 55.4 Å². The minimum absolute atomic E-state index is 0.548. The van der Waals surface area contributed by atoms with Gasteiger partial charge in [0.25, 0.3) is 0 Å². The van der Waals surface area contributed by atoms with E-state index in [1.165, 1.54) is 32.1 Å². The van der Waals surface area contributed by atoms with Gasteiger partial charge in [0.15, 0.2) is 5.16 Å². The van der Waals surface area contributed by atoms with E-state index >= 15 is 0 Å². The van der Waals surface area contributed by atoms with Crippen molar-refractivity contribution in [2.24, 2.45) is 0 Å². The summed E-state index contributed by atoms with van der Waals surface area (Å²) in [6, 6.07) is 4.60. The van der Waals surface area contributed by atoms with Gasteiger partial charge in [-0.3, -0.25) is 0 Å². The molecule has 132 valence electrons. The first kappa shape index (κ1) is 16.8. The number of thioether (sulfide) groups is 1. The fourth-order valence-electron chi connectivity index (χ4n) is 3.41. The Morgan fingerprint density at radius 1 is 1.24 bits per heavy atom. The molecule has 1 fully saturated rings. The molecule has 0 atom stereocenters. The molecule has 0 radical (unpaired) electrons. The minimum Gasteiger partial charge on any atom is -0.440 e. The van der Waals surface area contributed by atoms with Gasteiger partial charge in [-0.05, 0) is 38.1 Å². The predicted molar refractivity (Wildman–Crippen MR) is 101 cm³/mol. The fourth-order valence-corrected chi connectivity index (χ4v) is 5.11. The van der Waals surface area contributed by atoms with Crippen molar-refractivity contribution >= 4 is 23.1 Å². The molecule has 0 aliphatic heterocycles. The van der Waals surface area contributed by atoms with Crippen LogP contribution in [0.3, 0.4) is 0 Å². The first-order valence-electron chi connectivity index (χ1n) is 8.77. The monoisotopic (exact) mass is 374 g/mol. The summed E-state index contributed by atoms with van der Waals surface area (Å²) in [7, 11) is 0.